The molecule has 2 saturated heterocycles. The number of guanidine groups is 1. The Balaban J connectivity index is 0.00000280. The van der Waals surface area contributed by atoms with Crippen LogP contribution in [0.1, 0.15) is 51.4 Å². The molecule has 1 aliphatic carbocycles. The highest BCUT2D eigenvalue weighted by Gasteiger charge is 2.34. The fourth-order valence-electron chi connectivity index (χ4n) is 4.52. The SMILES string of the molecule is CN=C(NCC1(OC)CCOCC1)NC1CCN(C(=O)C2CCCCC2)C1.I. The summed E-state index contributed by atoms with van der Waals surface area (Å²) in [6, 6.07) is 0.261. The molecule has 1 saturated carbocycles. The highest BCUT2D eigenvalue weighted by atomic mass is 127. The summed E-state index contributed by atoms with van der Waals surface area (Å²) in [4.78, 5) is 19.2. The highest BCUT2D eigenvalue weighted by Crippen LogP contribution is 2.27. The van der Waals surface area contributed by atoms with Crippen molar-refractivity contribution in [1.29, 1.82) is 0 Å². The van der Waals surface area contributed by atoms with Crippen LogP contribution in [0.3, 0.4) is 0 Å². The zero-order chi connectivity index (χ0) is 19.1. The summed E-state index contributed by atoms with van der Waals surface area (Å²) in [6.07, 6.45) is 8.58. The Labute approximate surface area is 186 Å². The van der Waals surface area contributed by atoms with E-state index in [-0.39, 0.29) is 41.5 Å². The van der Waals surface area contributed by atoms with Crippen molar-refractivity contribution in [1.82, 2.24) is 15.5 Å². The molecule has 2 N–H and O–H groups in total. The summed E-state index contributed by atoms with van der Waals surface area (Å²) in [5, 5.41) is 6.91. The van der Waals surface area contributed by atoms with Crippen LogP contribution >= 0.6 is 24.0 Å². The summed E-state index contributed by atoms with van der Waals surface area (Å²) in [6.45, 7) is 3.82. The molecule has 0 bridgehead atoms. The Kier molecular flexibility index (Phi) is 9.76. The first-order chi connectivity index (χ1) is 13.2. The van der Waals surface area contributed by atoms with Crippen molar-refractivity contribution in [3.05, 3.63) is 0 Å². The molecular weight excluding hydrogens is 471 g/mol. The number of carbonyl (C=O) groups is 1. The van der Waals surface area contributed by atoms with E-state index in [0.29, 0.717) is 12.5 Å². The number of methoxy groups -OCH3 is 1. The van der Waals surface area contributed by atoms with Crippen LogP contribution in [-0.2, 0) is 14.3 Å². The van der Waals surface area contributed by atoms with Gasteiger partial charge in [0.2, 0.25) is 5.91 Å². The van der Waals surface area contributed by atoms with E-state index in [1.807, 2.05) is 0 Å². The molecule has 1 amide bonds. The molecule has 7 nitrogen and oxygen atoms in total. The smallest absolute Gasteiger partial charge is 0.225 e. The minimum absolute atomic E-state index is 0. The second-order valence-corrected chi connectivity index (χ2v) is 8.17. The monoisotopic (exact) mass is 508 g/mol. The van der Waals surface area contributed by atoms with Gasteiger partial charge in [-0.15, -0.1) is 24.0 Å². The molecule has 0 aromatic rings. The van der Waals surface area contributed by atoms with Crippen LogP contribution < -0.4 is 10.6 Å². The summed E-state index contributed by atoms with van der Waals surface area (Å²) in [5.74, 6) is 1.40. The third kappa shape index (κ3) is 6.19. The number of halogens is 1. The minimum Gasteiger partial charge on any atom is -0.381 e. The maximum atomic E-state index is 12.7. The number of hydrogen-bond donors (Lipinski definition) is 2. The van der Waals surface area contributed by atoms with Gasteiger partial charge in [0.15, 0.2) is 5.96 Å². The average molecular weight is 508 g/mol. The highest BCUT2D eigenvalue weighted by molar-refractivity contribution is 14.0. The van der Waals surface area contributed by atoms with Crippen LogP contribution in [0.25, 0.3) is 0 Å². The predicted octanol–water partition coefficient (Wildman–Crippen LogP) is 2.15. The number of ether oxygens (including phenoxy) is 2. The zero-order valence-electron chi connectivity index (χ0n) is 17.4. The van der Waals surface area contributed by atoms with Gasteiger partial charge in [-0.2, -0.15) is 0 Å². The van der Waals surface area contributed by atoms with E-state index in [9.17, 15) is 4.79 Å². The number of aliphatic imine (C=N–C) groups is 1. The van der Waals surface area contributed by atoms with Crippen molar-refractivity contribution in [3.63, 3.8) is 0 Å². The Morgan fingerprint density at radius 3 is 2.57 bits per heavy atom. The lowest BCUT2D eigenvalue weighted by Crippen LogP contribution is -2.52. The second kappa shape index (κ2) is 11.5. The minimum atomic E-state index is -0.186. The van der Waals surface area contributed by atoms with Gasteiger partial charge < -0.3 is 25.0 Å². The van der Waals surface area contributed by atoms with Gasteiger partial charge in [-0.25, -0.2) is 0 Å². The topological polar surface area (TPSA) is 75.2 Å². The molecule has 1 atom stereocenters. The lowest BCUT2D eigenvalue weighted by atomic mass is 9.88. The Bertz CT molecular complexity index is 520. The van der Waals surface area contributed by atoms with Gasteiger partial charge in [-0.05, 0) is 19.3 Å². The first kappa shape index (κ1) is 23.7. The van der Waals surface area contributed by atoms with E-state index in [0.717, 1.165) is 64.4 Å². The van der Waals surface area contributed by atoms with E-state index in [1.54, 1.807) is 14.2 Å². The number of amides is 1. The Hall–Kier alpha value is -0.610. The molecule has 3 aliphatic rings. The molecular formula is C20H37IN4O3. The zero-order valence-corrected chi connectivity index (χ0v) is 19.7. The van der Waals surface area contributed by atoms with Gasteiger partial charge in [-0.3, -0.25) is 9.79 Å². The number of hydrogen-bond acceptors (Lipinski definition) is 4. The molecule has 3 fully saturated rings. The standard InChI is InChI=1S/C20H36N4O3.HI/c1-21-19(22-15-20(26-2)9-12-27-13-10-20)23-17-8-11-24(14-17)18(25)16-6-4-3-5-7-16;/h16-17H,3-15H2,1-2H3,(H2,21,22,23);1H. The van der Waals surface area contributed by atoms with Crippen LogP contribution in [0.5, 0.6) is 0 Å². The van der Waals surface area contributed by atoms with E-state index >= 15 is 0 Å². The normalized spacial score (nSPS) is 25.9. The van der Waals surface area contributed by atoms with Gasteiger partial charge >= 0.3 is 0 Å². The molecule has 2 aliphatic heterocycles. The Morgan fingerprint density at radius 2 is 1.93 bits per heavy atom. The van der Waals surface area contributed by atoms with Gasteiger partial charge in [0.1, 0.15) is 0 Å². The number of nitrogens with zero attached hydrogens (tertiary/aromatic N) is 2. The molecule has 8 heteroatoms. The molecule has 0 aromatic carbocycles. The van der Waals surface area contributed by atoms with Crippen molar-refractivity contribution < 1.29 is 14.3 Å². The van der Waals surface area contributed by atoms with Gasteiger partial charge in [0, 0.05) is 71.8 Å². The second-order valence-electron chi connectivity index (χ2n) is 8.17. The molecule has 1 unspecified atom stereocenters. The van der Waals surface area contributed by atoms with Crippen LogP contribution in [0, 0.1) is 5.92 Å². The molecule has 162 valence electrons. The van der Waals surface area contributed by atoms with Crippen LogP contribution in [-0.4, -0.2) is 75.4 Å². The molecule has 3 rings (SSSR count). The van der Waals surface area contributed by atoms with E-state index in [4.69, 9.17) is 9.47 Å². The largest absolute Gasteiger partial charge is 0.381 e. The first-order valence-corrected chi connectivity index (χ1v) is 10.5. The van der Waals surface area contributed by atoms with Crippen LogP contribution in [0.15, 0.2) is 4.99 Å². The van der Waals surface area contributed by atoms with Crippen molar-refractivity contribution in [3.8, 4) is 0 Å². The van der Waals surface area contributed by atoms with E-state index in [2.05, 4.69) is 20.5 Å². The predicted molar refractivity (Wildman–Crippen MR) is 121 cm³/mol. The van der Waals surface area contributed by atoms with E-state index < -0.39 is 0 Å². The number of rotatable bonds is 5. The fourth-order valence-corrected chi connectivity index (χ4v) is 4.52. The van der Waals surface area contributed by atoms with Crippen molar-refractivity contribution in [2.24, 2.45) is 10.9 Å². The average Bonchev–Trinajstić information content (AvgIpc) is 3.20. The fraction of sp³-hybridized carbons (Fsp3) is 0.900. The summed E-state index contributed by atoms with van der Waals surface area (Å²) < 4.78 is 11.2. The van der Waals surface area contributed by atoms with Crippen LogP contribution in [0.4, 0.5) is 0 Å². The Morgan fingerprint density at radius 1 is 1.21 bits per heavy atom. The number of carbonyl (C=O) groups excluding carboxylic acids is 1. The lowest BCUT2D eigenvalue weighted by molar-refractivity contribution is -0.135. The van der Waals surface area contributed by atoms with Crippen molar-refractivity contribution >= 4 is 35.8 Å². The maximum absolute atomic E-state index is 12.7. The molecule has 0 spiro atoms. The third-order valence-corrected chi connectivity index (χ3v) is 6.43. The van der Waals surface area contributed by atoms with Gasteiger partial charge in [-0.1, -0.05) is 19.3 Å². The lowest BCUT2D eigenvalue weighted by Gasteiger charge is -2.36. The number of likely N-dealkylation sites (tertiary alicyclic amines) is 1. The van der Waals surface area contributed by atoms with Crippen molar-refractivity contribution in [2.75, 3.05) is 47.0 Å². The summed E-state index contributed by atoms with van der Waals surface area (Å²) in [5.41, 5.74) is -0.186. The third-order valence-electron chi connectivity index (χ3n) is 6.43. The van der Waals surface area contributed by atoms with Gasteiger partial charge in [0.25, 0.3) is 0 Å². The quantitative estimate of drug-likeness (QED) is 0.338. The molecule has 0 aromatic heterocycles. The number of nitrogens with one attached hydrogen (secondary N) is 2. The van der Waals surface area contributed by atoms with E-state index in [1.165, 1.54) is 19.3 Å². The molecule has 0 radical (unpaired) electrons. The molecule has 28 heavy (non-hydrogen) atoms. The maximum Gasteiger partial charge on any atom is 0.225 e. The summed E-state index contributed by atoms with van der Waals surface area (Å²) >= 11 is 0. The summed E-state index contributed by atoms with van der Waals surface area (Å²) in [7, 11) is 3.56. The van der Waals surface area contributed by atoms with Gasteiger partial charge in [0.05, 0.1) is 5.60 Å². The van der Waals surface area contributed by atoms with Crippen LogP contribution in [0.2, 0.25) is 0 Å². The first-order valence-electron chi connectivity index (χ1n) is 10.5. The van der Waals surface area contributed by atoms with Crippen molar-refractivity contribution in [2.45, 2.75) is 63.0 Å². The molecule has 2 heterocycles.